The fourth-order valence-electron chi connectivity index (χ4n) is 1.80. The summed E-state index contributed by atoms with van der Waals surface area (Å²) in [6.07, 6.45) is -4.60. The van der Waals surface area contributed by atoms with Gasteiger partial charge in [0.2, 0.25) is 0 Å². The van der Waals surface area contributed by atoms with Crippen molar-refractivity contribution in [3.05, 3.63) is 0 Å². The molecule has 1 aliphatic rings. The van der Waals surface area contributed by atoms with Crippen LogP contribution in [0.2, 0.25) is 0 Å². The molecule has 1 aliphatic heterocycles. The van der Waals surface area contributed by atoms with E-state index in [0.29, 0.717) is 17.7 Å². The maximum absolute atomic E-state index is 12.2. The molecular weight excluding hydrogens is 253 g/mol. The van der Waals surface area contributed by atoms with Crippen LogP contribution in [0.4, 0.5) is 18.0 Å². The zero-order valence-electron chi connectivity index (χ0n) is 9.92. The molecule has 1 fully saturated rings. The summed E-state index contributed by atoms with van der Waals surface area (Å²) in [5, 5.41) is 2.43. The van der Waals surface area contributed by atoms with Gasteiger partial charge in [0.1, 0.15) is 0 Å². The molecule has 0 saturated carbocycles. The SMILES string of the molecule is CCOC(=O)NC1CCCN(C(=O)C(F)(F)F)C1. The minimum Gasteiger partial charge on any atom is -0.450 e. The second-order valence-electron chi connectivity index (χ2n) is 3.95. The van der Waals surface area contributed by atoms with E-state index >= 15 is 0 Å². The lowest BCUT2D eigenvalue weighted by molar-refractivity contribution is -0.186. The molecule has 1 N–H and O–H groups in total. The van der Waals surface area contributed by atoms with E-state index in [1.54, 1.807) is 6.92 Å². The van der Waals surface area contributed by atoms with Crippen LogP contribution in [0.25, 0.3) is 0 Å². The third-order valence-corrected chi connectivity index (χ3v) is 2.55. The molecule has 0 aromatic carbocycles. The molecule has 18 heavy (non-hydrogen) atoms. The standard InChI is InChI=1S/C10H15F3N2O3/c1-2-18-9(17)14-7-4-3-5-15(6-7)8(16)10(11,12)13/h7H,2-6H2,1H3,(H,14,17). The van der Waals surface area contributed by atoms with E-state index in [9.17, 15) is 22.8 Å². The van der Waals surface area contributed by atoms with Crippen LogP contribution in [-0.2, 0) is 9.53 Å². The van der Waals surface area contributed by atoms with Crippen LogP contribution in [0.3, 0.4) is 0 Å². The summed E-state index contributed by atoms with van der Waals surface area (Å²) in [6.45, 7) is 1.72. The van der Waals surface area contributed by atoms with Crippen molar-refractivity contribution in [3.8, 4) is 0 Å². The highest BCUT2D eigenvalue weighted by Gasteiger charge is 2.43. The lowest BCUT2D eigenvalue weighted by Gasteiger charge is -2.33. The monoisotopic (exact) mass is 268 g/mol. The van der Waals surface area contributed by atoms with Crippen LogP contribution in [0, 0.1) is 0 Å². The molecule has 1 unspecified atom stereocenters. The van der Waals surface area contributed by atoms with Gasteiger partial charge in [-0.05, 0) is 19.8 Å². The van der Waals surface area contributed by atoms with Gasteiger partial charge in [-0.3, -0.25) is 4.79 Å². The van der Waals surface area contributed by atoms with Crippen LogP contribution in [0.15, 0.2) is 0 Å². The van der Waals surface area contributed by atoms with Crippen LogP contribution in [0.5, 0.6) is 0 Å². The third kappa shape index (κ3) is 4.08. The minimum absolute atomic E-state index is 0.0549. The number of carbonyl (C=O) groups is 2. The Morgan fingerprint density at radius 2 is 2.11 bits per heavy atom. The van der Waals surface area contributed by atoms with Gasteiger partial charge in [0.05, 0.1) is 6.61 Å². The van der Waals surface area contributed by atoms with Crippen molar-refractivity contribution in [1.82, 2.24) is 10.2 Å². The molecule has 0 aliphatic carbocycles. The van der Waals surface area contributed by atoms with E-state index in [-0.39, 0.29) is 19.7 Å². The Balaban J connectivity index is 2.51. The number of hydrogen-bond donors (Lipinski definition) is 1. The zero-order chi connectivity index (χ0) is 13.8. The fourth-order valence-corrected chi connectivity index (χ4v) is 1.80. The molecule has 0 spiro atoms. The van der Waals surface area contributed by atoms with E-state index in [4.69, 9.17) is 0 Å². The van der Waals surface area contributed by atoms with Crippen molar-refractivity contribution < 1.29 is 27.5 Å². The largest absolute Gasteiger partial charge is 0.471 e. The molecule has 0 radical (unpaired) electrons. The van der Waals surface area contributed by atoms with Crippen molar-refractivity contribution in [2.45, 2.75) is 32.0 Å². The molecule has 1 atom stereocenters. The molecule has 0 bridgehead atoms. The molecule has 1 rings (SSSR count). The summed E-state index contributed by atoms with van der Waals surface area (Å²) < 4.78 is 41.4. The van der Waals surface area contributed by atoms with Crippen molar-refractivity contribution >= 4 is 12.0 Å². The molecule has 1 heterocycles. The predicted molar refractivity (Wildman–Crippen MR) is 55.8 cm³/mol. The maximum atomic E-state index is 12.2. The van der Waals surface area contributed by atoms with Crippen LogP contribution in [-0.4, -0.2) is 48.8 Å². The van der Waals surface area contributed by atoms with Gasteiger partial charge in [-0.2, -0.15) is 13.2 Å². The quantitative estimate of drug-likeness (QED) is 0.821. The predicted octanol–water partition coefficient (Wildman–Crippen LogP) is 1.29. The number of piperidine rings is 1. The first-order valence-corrected chi connectivity index (χ1v) is 5.64. The molecule has 8 heteroatoms. The molecule has 104 valence electrons. The minimum atomic E-state index is -4.87. The van der Waals surface area contributed by atoms with Gasteiger partial charge < -0.3 is 15.0 Å². The Labute approximate surface area is 102 Å². The van der Waals surface area contributed by atoms with Crippen molar-refractivity contribution in [3.63, 3.8) is 0 Å². The normalized spacial score (nSPS) is 20.4. The average molecular weight is 268 g/mol. The fraction of sp³-hybridized carbons (Fsp3) is 0.800. The number of rotatable bonds is 2. The summed E-state index contributed by atoms with van der Waals surface area (Å²) in [5.74, 6) is -1.86. The Hall–Kier alpha value is -1.47. The van der Waals surface area contributed by atoms with E-state index in [2.05, 4.69) is 10.1 Å². The van der Waals surface area contributed by atoms with Gasteiger partial charge >= 0.3 is 18.2 Å². The highest BCUT2D eigenvalue weighted by Crippen LogP contribution is 2.21. The first-order chi connectivity index (χ1) is 8.34. The maximum Gasteiger partial charge on any atom is 0.471 e. The molecular formula is C10H15F3N2O3. The van der Waals surface area contributed by atoms with Crippen LogP contribution in [0.1, 0.15) is 19.8 Å². The first kappa shape index (κ1) is 14.6. The number of carbonyl (C=O) groups excluding carboxylic acids is 2. The van der Waals surface area contributed by atoms with Crippen molar-refractivity contribution in [1.29, 1.82) is 0 Å². The molecule has 1 saturated heterocycles. The number of hydrogen-bond acceptors (Lipinski definition) is 3. The molecule has 0 aromatic rings. The summed E-state index contributed by atoms with van der Waals surface area (Å²) >= 11 is 0. The Bertz CT molecular complexity index is 320. The molecule has 5 nitrogen and oxygen atoms in total. The molecule has 2 amide bonds. The summed E-state index contributed by atoms with van der Waals surface area (Å²) in [4.78, 5) is 22.9. The van der Waals surface area contributed by atoms with E-state index in [1.807, 2.05) is 0 Å². The van der Waals surface area contributed by atoms with Crippen LogP contribution >= 0.6 is 0 Å². The number of likely N-dealkylation sites (tertiary alicyclic amines) is 1. The average Bonchev–Trinajstić information content (AvgIpc) is 2.27. The summed E-state index contributed by atoms with van der Waals surface area (Å²) in [5.41, 5.74) is 0. The van der Waals surface area contributed by atoms with Gasteiger partial charge in [0.15, 0.2) is 0 Å². The Kier molecular flexibility index (Phi) is 4.80. The molecule has 0 aromatic heterocycles. The van der Waals surface area contributed by atoms with Gasteiger partial charge in [-0.25, -0.2) is 4.79 Å². The Morgan fingerprint density at radius 1 is 1.44 bits per heavy atom. The second kappa shape index (κ2) is 5.92. The number of alkyl carbamates (subject to hydrolysis) is 1. The van der Waals surface area contributed by atoms with E-state index in [1.165, 1.54) is 0 Å². The second-order valence-corrected chi connectivity index (χ2v) is 3.95. The zero-order valence-corrected chi connectivity index (χ0v) is 9.92. The number of alkyl halides is 3. The highest BCUT2D eigenvalue weighted by molar-refractivity contribution is 5.82. The topological polar surface area (TPSA) is 58.6 Å². The first-order valence-electron chi connectivity index (χ1n) is 5.64. The number of nitrogens with zero attached hydrogens (tertiary/aromatic N) is 1. The number of amides is 2. The van der Waals surface area contributed by atoms with Crippen molar-refractivity contribution in [2.75, 3.05) is 19.7 Å². The van der Waals surface area contributed by atoms with Crippen molar-refractivity contribution in [2.24, 2.45) is 0 Å². The summed E-state index contributed by atoms with van der Waals surface area (Å²) in [6, 6.07) is -0.496. The van der Waals surface area contributed by atoms with E-state index in [0.717, 1.165) is 0 Å². The lowest BCUT2D eigenvalue weighted by Crippen LogP contribution is -2.52. The smallest absolute Gasteiger partial charge is 0.450 e. The van der Waals surface area contributed by atoms with Gasteiger partial charge in [-0.15, -0.1) is 0 Å². The van der Waals surface area contributed by atoms with Gasteiger partial charge in [0.25, 0.3) is 0 Å². The number of halogens is 3. The summed E-state index contributed by atoms with van der Waals surface area (Å²) in [7, 11) is 0. The highest BCUT2D eigenvalue weighted by atomic mass is 19.4. The third-order valence-electron chi connectivity index (χ3n) is 2.55. The van der Waals surface area contributed by atoms with Gasteiger partial charge in [-0.1, -0.05) is 0 Å². The number of nitrogens with one attached hydrogen (secondary N) is 1. The van der Waals surface area contributed by atoms with Gasteiger partial charge in [0, 0.05) is 19.1 Å². The lowest BCUT2D eigenvalue weighted by atomic mass is 10.1. The van der Waals surface area contributed by atoms with Crippen LogP contribution < -0.4 is 5.32 Å². The Morgan fingerprint density at radius 3 is 2.67 bits per heavy atom. The number of ether oxygens (including phenoxy) is 1. The van der Waals surface area contributed by atoms with E-state index < -0.39 is 24.2 Å².